The van der Waals surface area contributed by atoms with Gasteiger partial charge in [0.25, 0.3) is 0 Å². The Labute approximate surface area is 101 Å². The number of ether oxygens (including phenoxy) is 1. The van der Waals surface area contributed by atoms with Gasteiger partial charge in [-0.15, -0.1) is 0 Å². The molecule has 0 radical (unpaired) electrons. The van der Waals surface area contributed by atoms with Crippen LogP contribution in [-0.4, -0.2) is 47.7 Å². The minimum Gasteiger partial charge on any atom is -0.480 e. The molecular formula is C12H19NO4. The molecule has 2 heterocycles. The number of nitrogens with zero attached hydrogens (tertiary/aromatic N) is 1. The quantitative estimate of drug-likeness (QED) is 0.796. The van der Waals surface area contributed by atoms with Crippen molar-refractivity contribution in [1.82, 2.24) is 4.90 Å². The molecule has 2 aliphatic heterocycles. The summed E-state index contributed by atoms with van der Waals surface area (Å²) in [4.78, 5) is 24.7. The van der Waals surface area contributed by atoms with E-state index in [2.05, 4.69) is 0 Å². The summed E-state index contributed by atoms with van der Waals surface area (Å²) in [5.74, 6) is -0.618. The number of likely N-dealkylation sites (tertiary alicyclic amines) is 1. The van der Waals surface area contributed by atoms with Gasteiger partial charge in [0.2, 0.25) is 5.91 Å². The van der Waals surface area contributed by atoms with Crippen LogP contribution in [0.1, 0.15) is 32.1 Å². The fourth-order valence-electron chi connectivity index (χ4n) is 2.60. The first kappa shape index (κ1) is 12.4. The molecule has 5 nitrogen and oxygen atoms in total. The molecule has 0 bridgehead atoms. The Balaban J connectivity index is 1.93. The average molecular weight is 241 g/mol. The Morgan fingerprint density at radius 2 is 2.12 bits per heavy atom. The van der Waals surface area contributed by atoms with Crippen LogP contribution in [0.4, 0.5) is 0 Å². The van der Waals surface area contributed by atoms with Crippen molar-refractivity contribution in [3.05, 3.63) is 0 Å². The first-order valence-corrected chi connectivity index (χ1v) is 6.28. The van der Waals surface area contributed by atoms with Crippen LogP contribution in [0.15, 0.2) is 0 Å². The Morgan fingerprint density at radius 3 is 2.76 bits per heavy atom. The molecule has 2 saturated heterocycles. The molecule has 1 N–H and O–H groups in total. The van der Waals surface area contributed by atoms with E-state index in [1.165, 1.54) is 0 Å². The maximum Gasteiger partial charge on any atom is 0.326 e. The highest BCUT2D eigenvalue weighted by molar-refractivity contribution is 5.84. The van der Waals surface area contributed by atoms with Crippen molar-refractivity contribution in [3.63, 3.8) is 0 Å². The Bertz CT molecular complexity index is 299. The number of carboxylic acids is 1. The van der Waals surface area contributed by atoms with Gasteiger partial charge in [-0.3, -0.25) is 4.79 Å². The number of aliphatic carboxylic acids is 1. The number of carboxylic acid groups (broad SMARTS) is 1. The number of piperidine rings is 1. The number of rotatable bonds is 3. The molecule has 0 saturated carbocycles. The lowest BCUT2D eigenvalue weighted by atomic mass is 9.99. The lowest BCUT2D eigenvalue weighted by molar-refractivity contribution is -0.152. The number of hydrogen-bond donors (Lipinski definition) is 1. The van der Waals surface area contributed by atoms with Crippen molar-refractivity contribution in [3.8, 4) is 0 Å². The van der Waals surface area contributed by atoms with Gasteiger partial charge in [0.05, 0.1) is 0 Å². The molecule has 2 aliphatic rings. The highest BCUT2D eigenvalue weighted by Gasteiger charge is 2.33. The molecule has 96 valence electrons. The van der Waals surface area contributed by atoms with Crippen molar-refractivity contribution < 1.29 is 19.4 Å². The lowest BCUT2D eigenvalue weighted by Gasteiger charge is -2.33. The van der Waals surface area contributed by atoms with Crippen molar-refractivity contribution in [2.45, 2.75) is 38.1 Å². The molecule has 0 unspecified atom stereocenters. The summed E-state index contributed by atoms with van der Waals surface area (Å²) >= 11 is 0. The summed E-state index contributed by atoms with van der Waals surface area (Å²) in [5, 5.41) is 9.10. The zero-order valence-corrected chi connectivity index (χ0v) is 9.93. The van der Waals surface area contributed by atoms with Gasteiger partial charge in [0.15, 0.2) is 0 Å². The van der Waals surface area contributed by atoms with E-state index in [-0.39, 0.29) is 11.8 Å². The zero-order valence-electron chi connectivity index (χ0n) is 9.93. The maximum absolute atomic E-state index is 12.1. The zero-order chi connectivity index (χ0) is 12.3. The van der Waals surface area contributed by atoms with Crippen LogP contribution in [0, 0.1) is 5.92 Å². The first-order chi connectivity index (χ1) is 8.18. The van der Waals surface area contributed by atoms with Crippen molar-refractivity contribution >= 4 is 11.9 Å². The molecule has 2 fully saturated rings. The van der Waals surface area contributed by atoms with E-state index in [4.69, 9.17) is 9.84 Å². The fourth-order valence-corrected chi connectivity index (χ4v) is 2.60. The lowest BCUT2D eigenvalue weighted by Crippen LogP contribution is -2.48. The van der Waals surface area contributed by atoms with E-state index < -0.39 is 12.0 Å². The van der Waals surface area contributed by atoms with Gasteiger partial charge < -0.3 is 14.7 Å². The largest absolute Gasteiger partial charge is 0.480 e. The van der Waals surface area contributed by atoms with Crippen molar-refractivity contribution in [1.29, 1.82) is 0 Å². The molecule has 2 atom stereocenters. The van der Waals surface area contributed by atoms with E-state index >= 15 is 0 Å². The molecule has 2 rings (SSSR count). The topological polar surface area (TPSA) is 66.8 Å². The number of amides is 1. The van der Waals surface area contributed by atoms with Crippen LogP contribution < -0.4 is 0 Å². The van der Waals surface area contributed by atoms with Crippen LogP contribution in [0.3, 0.4) is 0 Å². The summed E-state index contributed by atoms with van der Waals surface area (Å²) in [7, 11) is 0. The van der Waals surface area contributed by atoms with Crippen molar-refractivity contribution in [2.75, 3.05) is 19.8 Å². The van der Waals surface area contributed by atoms with Crippen molar-refractivity contribution in [2.24, 2.45) is 5.92 Å². The van der Waals surface area contributed by atoms with Crippen LogP contribution in [-0.2, 0) is 14.3 Å². The smallest absolute Gasteiger partial charge is 0.326 e. The highest BCUT2D eigenvalue weighted by Crippen LogP contribution is 2.22. The molecule has 5 heteroatoms. The number of carbonyl (C=O) groups excluding carboxylic acids is 1. The molecule has 0 aromatic heterocycles. The SMILES string of the molecule is O=C(O)[C@@H]1CCCCN1C(=O)C[C@H]1CCOC1. The third kappa shape index (κ3) is 2.97. The van der Waals surface area contributed by atoms with Gasteiger partial charge in [-0.2, -0.15) is 0 Å². The monoisotopic (exact) mass is 241 g/mol. The third-order valence-corrected chi connectivity index (χ3v) is 3.60. The molecule has 1 amide bonds. The molecule has 0 aromatic carbocycles. The fraction of sp³-hybridized carbons (Fsp3) is 0.833. The van der Waals surface area contributed by atoms with Gasteiger partial charge in [-0.25, -0.2) is 4.79 Å². The van der Waals surface area contributed by atoms with Gasteiger partial charge in [0, 0.05) is 26.2 Å². The van der Waals surface area contributed by atoms with E-state index in [0.29, 0.717) is 26.0 Å². The molecule has 17 heavy (non-hydrogen) atoms. The van der Waals surface area contributed by atoms with Crippen LogP contribution in [0.25, 0.3) is 0 Å². The van der Waals surface area contributed by atoms with E-state index in [1.54, 1.807) is 4.90 Å². The third-order valence-electron chi connectivity index (χ3n) is 3.60. The standard InChI is InChI=1S/C12H19NO4/c14-11(7-9-4-6-17-8-9)13-5-2-1-3-10(13)12(15)16/h9-10H,1-8H2,(H,15,16)/t9-,10+/m1/s1. The summed E-state index contributed by atoms with van der Waals surface area (Å²) in [6.07, 6.45) is 3.74. The minimum atomic E-state index is -0.874. The Kier molecular flexibility index (Phi) is 3.99. The first-order valence-electron chi connectivity index (χ1n) is 6.28. The van der Waals surface area contributed by atoms with Gasteiger partial charge in [-0.1, -0.05) is 0 Å². The van der Waals surface area contributed by atoms with Gasteiger partial charge in [-0.05, 0) is 31.6 Å². The predicted molar refractivity (Wildman–Crippen MR) is 60.5 cm³/mol. The summed E-state index contributed by atoms with van der Waals surface area (Å²) < 4.78 is 5.23. The average Bonchev–Trinajstić information content (AvgIpc) is 2.81. The van der Waals surface area contributed by atoms with Gasteiger partial charge >= 0.3 is 5.97 Å². The highest BCUT2D eigenvalue weighted by atomic mass is 16.5. The van der Waals surface area contributed by atoms with Gasteiger partial charge in [0.1, 0.15) is 6.04 Å². The summed E-state index contributed by atoms with van der Waals surface area (Å²) in [6.45, 7) is 1.95. The van der Waals surface area contributed by atoms with Crippen LogP contribution in [0.5, 0.6) is 0 Å². The number of carbonyl (C=O) groups is 2. The Morgan fingerprint density at radius 1 is 1.29 bits per heavy atom. The molecule has 0 spiro atoms. The molecule has 0 aromatic rings. The number of hydrogen-bond acceptors (Lipinski definition) is 3. The maximum atomic E-state index is 12.1. The molecular weight excluding hydrogens is 222 g/mol. The predicted octanol–water partition coefficient (Wildman–Crippen LogP) is 0.879. The molecule has 0 aliphatic carbocycles. The Hall–Kier alpha value is -1.10. The summed E-state index contributed by atoms with van der Waals surface area (Å²) in [5.41, 5.74) is 0. The second kappa shape index (κ2) is 5.49. The van der Waals surface area contributed by atoms with E-state index in [9.17, 15) is 9.59 Å². The van der Waals surface area contributed by atoms with Crippen LogP contribution >= 0.6 is 0 Å². The van der Waals surface area contributed by atoms with E-state index in [0.717, 1.165) is 25.9 Å². The van der Waals surface area contributed by atoms with Crippen LogP contribution in [0.2, 0.25) is 0 Å². The summed E-state index contributed by atoms with van der Waals surface area (Å²) in [6, 6.07) is -0.612. The minimum absolute atomic E-state index is 0.0207. The van der Waals surface area contributed by atoms with E-state index in [1.807, 2.05) is 0 Å². The second-order valence-electron chi connectivity index (χ2n) is 4.87. The second-order valence-corrected chi connectivity index (χ2v) is 4.87. The normalized spacial score (nSPS) is 29.3.